The third-order valence-electron chi connectivity index (χ3n) is 1.66. The number of rotatable bonds is 2. The first-order chi connectivity index (χ1) is 5.90. The van der Waals surface area contributed by atoms with Crippen molar-refractivity contribution < 1.29 is 0 Å². The van der Waals surface area contributed by atoms with Gasteiger partial charge in [-0.15, -0.1) is 22.7 Å². The summed E-state index contributed by atoms with van der Waals surface area (Å²) in [6.07, 6.45) is 0. The molecule has 0 saturated heterocycles. The van der Waals surface area contributed by atoms with Crippen LogP contribution >= 0.6 is 22.7 Å². The SMILES string of the molecule is NCc1cc(-c2cccs2)cs1. The molecule has 0 aliphatic carbocycles. The van der Waals surface area contributed by atoms with Gasteiger partial charge < -0.3 is 5.73 Å². The van der Waals surface area contributed by atoms with Crippen LogP contribution in [0.4, 0.5) is 0 Å². The minimum Gasteiger partial charge on any atom is -0.326 e. The first-order valence-electron chi connectivity index (χ1n) is 3.71. The van der Waals surface area contributed by atoms with Gasteiger partial charge in [0.1, 0.15) is 0 Å². The van der Waals surface area contributed by atoms with Gasteiger partial charge in [0.15, 0.2) is 0 Å². The summed E-state index contributed by atoms with van der Waals surface area (Å²) in [6, 6.07) is 6.36. The highest BCUT2D eigenvalue weighted by molar-refractivity contribution is 7.14. The molecule has 0 aliphatic heterocycles. The molecule has 0 atom stereocenters. The molecule has 2 aromatic heterocycles. The summed E-state index contributed by atoms with van der Waals surface area (Å²) in [7, 11) is 0. The summed E-state index contributed by atoms with van der Waals surface area (Å²) >= 11 is 3.50. The molecule has 0 fully saturated rings. The van der Waals surface area contributed by atoms with Crippen LogP contribution in [0.3, 0.4) is 0 Å². The predicted octanol–water partition coefficient (Wildman–Crippen LogP) is 2.94. The molecule has 0 aromatic carbocycles. The Morgan fingerprint density at radius 3 is 2.83 bits per heavy atom. The van der Waals surface area contributed by atoms with Crippen molar-refractivity contribution in [3.63, 3.8) is 0 Å². The third-order valence-corrected chi connectivity index (χ3v) is 3.54. The first-order valence-corrected chi connectivity index (χ1v) is 5.47. The normalized spacial score (nSPS) is 10.4. The van der Waals surface area contributed by atoms with Crippen LogP contribution in [0.15, 0.2) is 29.0 Å². The zero-order chi connectivity index (χ0) is 8.39. The average Bonchev–Trinajstić information content (AvgIpc) is 2.75. The molecule has 0 saturated carbocycles. The average molecular weight is 195 g/mol. The molecule has 0 amide bonds. The molecule has 3 heteroatoms. The molecular weight excluding hydrogens is 186 g/mol. The maximum Gasteiger partial charge on any atom is 0.0351 e. The van der Waals surface area contributed by atoms with E-state index < -0.39 is 0 Å². The highest BCUT2D eigenvalue weighted by atomic mass is 32.1. The first kappa shape index (κ1) is 7.98. The van der Waals surface area contributed by atoms with Gasteiger partial charge >= 0.3 is 0 Å². The molecule has 0 bridgehead atoms. The largest absolute Gasteiger partial charge is 0.326 e. The highest BCUT2D eigenvalue weighted by Crippen LogP contribution is 2.28. The summed E-state index contributed by atoms with van der Waals surface area (Å²) in [5.41, 5.74) is 6.83. The lowest BCUT2D eigenvalue weighted by atomic mass is 10.2. The predicted molar refractivity (Wildman–Crippen MR) is 55.5 cm³/mol. The maximum absolute atomic E-state index is 5.53. The fourth-order valence-corrected chi connectivity index (χ4v) is 2.61. The number of nitrogens with two attached hydrogens (primary N) is 1. The van der Waals surface area contributed by atoms with E-state index in [4.69, 9.17) is 5.73 Å². The van der Waals surface area contributed by atoms with Crippen LogP contribution in [0, 0.1) is 0 Å². The molecule has 0 spiro atoms. The second kappa shape index (κ2) is 3.39. The lowest BCUT2D eigenvalue weighted by Crippen LogP contribution is -1.91. The molecule has 0 unspecified atom stereocenters. The minimum absolute atomic E-state index is 0.649. The van der Waals surface area contributed by atoms with Crippen LogP contribution < -0.4 is 5.73 Å². The molecular formula is C9H9NS2. The van der Waals surface area contributed by atoms with Gasteiger partial charge in [-0.1, -0.05) is 6.07 Å². The van der Waals surface area contributed by atoms with E-state index >= 15 is 0 Å². The molecule has 1 nitrogen and oxygen atoms in total. The molecule has 12 heavy (non-hydrogen) atoms. The van der Waals surface area contributed by atoms with Gasteiger partial charge in [-0.05, 0) is 22.9 Å². The van der Waals surface area contributed by atoms with Crippen molar-refractivity contribution in [3.05, 3.63) is 33.8 Å². The monoisotopic (exact) mass is 195 g/mol. The van der Waals surface area contributed by atoms with Gasteiger partial charge in [-0.2, -0.15) is 0 Å². The smallest absolute Gasteiger partial charge is 0.0351 e. The Kier molecular flexibility index (Phi) is 2.26. The standard InChI is InChI=1S/C9H9NS2/c10-5-8-4-7(6-12-8)9-2-1-3-11-9/h1-4,6H,5,10H2. The van der Waals surface area contributed by atoms with E-state index in [-0.39, 0.29) is 0 Å². The summed E-state index contributed by atoms with van der Waals surface area (Å²) in [5.74, 6) is 0. The van der Waals surface area contributed by atoms with E-state index in [1.54, 1.807) is 22.7 Å². The van der Waals surface area contributed by atoms with E-state index in [1.165, 1.54) is 15.3 Å². The fourth-order valence-electron chi connectivity index (χ4n) is 1.06. The molecule has 62 valence electrons. The third kappa shape index (κ3) is 1.43. The van der Waals surface area contributed by atoms with Crippen molar-refractivity contribution >= 4 is 22.7 Å². The summed E-state index contributed by atoms with van der Waals surface area (Å²) in [4.78, 5) is 2.57. The van der Waals surface area contributed by atoms with Gasteiger partial charge in [0.05, 0.1) is 0 Å². The van der Waals surface area contributed by atoms with E-state index in [0.29, 0.717) is 6.54 Å². The van der Waals surface area contributed by atoms with Crippen molar-refractivity contribution in [1.29, 1.82) is 0 Å². The van der Waals surface area contributed by atoms with Gasteiger partial charge in [0.25, 0.3) is 0 Å². The quantitative estimate of drug-likeness (QED) is 0.783. The van der Waals surface area contributed by atoms with E-state index in [1.807, 2.05) is 0 Å². The topological polar surface area (TPSA) is 26.0 Å². The van der Waals surface area contributed by atoms with Crippen molar-refractivity contribution in [1.82, 2.24) is 0 Å². The van der Waals surface area contributed by atoms with Gasteiger partial charge in [0.2, 0.25) is 0 Å². The molecule has 2 rings (SSSR count). The molecule has 0 aliphatic rings. The number of thiophene rings is 2. The van der Waals surface area contributed by atoms with E-state index in [0.717, 1.165) is 0 Å². The Hall–Kier alpha value is -0.640. The number of hydrogen-bond acceptors (Lipinski definition) is 3. The van der Waals surface area contributed by atoms with Gasteiger partial charge in [-0.3, -0.25) is 0 Å². The van der Waals surface area contributed by atoms with Crippen molar-refractivity contribution in [2.24, 2.45) is 5.73 Å². The molecule has 0 radical (unpaired) electrons. The molecule has 2 heterocycles. The Morgan fingerprint density at radius 2 is 2.25 bits per heavy atom. The lowest BCUT2D eigenvalue weighted by Gasteiger charge is -1.87. The molecule has 2 aromatic rings. The van der Waals surface area contributed by atoms with Crippen LogP contribution in [0.5, 0.6) is 0 Å². The second-order valence-electron chi connectivity index (χ2n) is 2.48. The van der Waals surface area contributed by atoms with Crippen molar-refractivity contribution in [2.45, 2.75) is 6.54 Å². The Bertz CT molecular complexity index is 348. The zero-order valence-corrected chi connectivity index (χ0v) is 8.12. The van der Waals surface area contributed by atoms with E-state index in [9.17, 15) is 0 Å². The van der Waals surface area contributed by atoms with Crippen LogP contribution in [0.25, 0.3) is 10.4 Å². The second-order valence-corrected chi connectivity index (χ2v) is 4.43. The van der Waals surface area contributed by atoms with Crippen LogP contribution in [-0.2, 0) is 6.54 Å². The number of hydrogen-bond donors (Lipinski definition) is 1. The Balaban J connectivity index is 2.35. The summed E-state index contributed by atoms with van der Waals surface area (Å²) in [5, 5.41) is 4.25. The van der Waals surface area contributed by atoms with Crippen LogP contribution in [0.2, 0.25) is 0 Å². The van der Waals surface area contributed by atoms with Crippen molar-refractivity contribution in [2.75, 3.05) is 0 Å². The summed E-state index contributed by atoms with van der Waals surface area (Å²) < 4.78 is 0. The lowest BCUT2D eigenvalue weighted by molar-refractivity contribution is 1.11. The van der Waals surface area contributed by atoms with E-state index in [2.05, 4.69) is 29.0 Å². The maximum atomic E-state index is 5.53. The van der Waals surface area contributed by atoms with Crippen LogP contribution in [0.1, 0.15) is 4.88 Å². The Labute approximate surface area is 79.5 Å². The Morgan fingerprint density at radius 1 is 1.33 bits per heavy atom. The van der Waals surface area contributed by atoms with Crippen molar-refractivity contribution in [3.8, 4) is 10.4 Å². The van der Waals surface area contributed by atoms with Gasteiger partial charge in [-0.25, -0.2) is 0 Å². The minimum atomic E-state index is 0.649. The zero-order valence-electron chi connectivity index (χ0n) is 6.49. The highest BCUT2D eigenvalue weighted by Gasteiger charge is 2.00. The van der Waals surface area contributed by atoms with Gasteiger partial charge in [0, 0.05) is 21.9 Å². The molecule has 2 N–H and O–H groups in total. The van der Waals surface area contributed by atoms with Crippen LogP contribution in [-0.4, -0.2) is 0 Å². The summed E-state index contributed by atoms with van der Waals surface area (Å²) in [6.45, 7) is 0.649. The fraction of sp³-hybridized carbons (Fsp3) is 0.111.